The van der Waals surface area contributed by atoms with Crippen molar-refractivity contribution in [1.82, 2.24) is 15.3 Å². The fraction of sp³-hybridized carbons (Fsp3) is 0.800. The number of esters is 1. The topological polar surface area (TPSA) is 242 Å². The van der Waals surface area contributed by atoms with Crippen molar-refractivity contribution in [1.29, 1.82) is 0 Å². The SMILES string of the molecule is CC[C@H]1OC(=O)[C@H](C)[C@@H](O[C@H]2C[C@@](C)(OC)[C@@H](OC(=O)NCCC(=O)N(O)CCc3ccccc3)[C@H](C)O2)[C@H](C)[C@@H](O[C@@H]2O[C@H](C)C[C@H](N(C)C)[C@H]2O)[C@@](C)(OC)C[C@@H](C)C(=O)[C@H](C)[C@@H](O)[C@]1(C)O. The van der Waals surface area contributed by atoms with Crippen LogP contribution in [0.15, 0.2) is 30.3 Å². The summed E-state index contributed by atoms with van der Waals surface area (Å²) in [4.78, 5) is 56.4. The highest BCUT2D eigenvalue weighted by atomic mass is 16.7. The maximum Gasteiger partial charge on any atom is 0.407 e. The number of benzene rings is 1. The molecule has 0 spiro atoms. The molecule has 18 atom stereocenters. The molecule has 1 aromatic carbocycles. The molecular formula is C50H83N3O16. The number of hydrogen-bond donors (Lipinski definition) is 5. The summed E-state index contributed by atoms with van der Waals surface area (Å²) in [7, 11) is 6.65. The van der Waals surface area contributed by atoms with Crippen molar-refractivity contribution in [2.45, 2.75) is 192 Å². The maximum atomic E-state index is 14.5. The third-order valence-electron chi connectivity index (χ3n) is 14.8. The van der Waals surface area contributed by atoms with E-state index in [0.29, 0.717) is 17.9 Å². The minimum Gasteiger partial charge on any atom is -0.459 e. The number of ketones is 1. The van der Waals surface area contributed by atoms with E-state index in [2.05, 4.69) is 5.32 Å². The number of aliphatic hydroxyl groups is 3. The molecule has 3 aliphatic heterocycles. The Balaban J connectivity index is 1.65. The van der Waals surface area contributed by atoms with Crippen LogP contribution in [0.1, 0.15) is 107 Å². The predicted octanol–water partition coefficient (Wildman–Crippen LogP) is 4.02. The first-order valence-electron chi connectivity index (χ1n) is 24.4. The van der Waals surface area contributed by atoms with Crippen molar-refractivity contribution in [2.75, 3.05) is 41.4 Å². The fourth-order valence-electron chi connectivity index (χ4n) is 10.4. The summed E-state index contributed by atoms with van der Waals surface area (Å²) in [6, 6.07) is 9.07. The number of hydrogen-bond acceptors (Lipinski definition) is 17. The molecule has 4 rings (SSSR count). The molecule has 0 aromatic heterocycles. The van der Waals surface area contributed by atoms with Crippen LogP contribution in [-0.4, -0.2) is 180 Å². The molecule has 394 valence electrons. The Morgan fingerprint density at radius 1 is 0.884 bits per heavy atom. The molecule has 3 saturated heterocycles. The Morgan fingerprint density at radius 3 is 2.10 bits per heavy atom. The Hall–Kier alpha value is -3.34. The molecule has 1 aromatic rings. The van der Waals surface area contributed by atoms with Crippen LogP contribution in [0, 0.1) is 23.7 Å². The minimum atomic E-state index is -2.03. The molecule has 0 unspecified atom stereocenters. The Labute approximate surface area is 408 Å². The van der Waals surface area contributed by atoms with E-state index in [-0.39, 0.29) is 56.7 Å². The van der Waals surface area contributed by atoms with Gasteiger partial charge >= 0.3 is 12.1 Å². The summed E-state index contributed by atoms with van der Waals surface area (Å²) < 4.78 is 50.7. The zero-order valence-electron chi connectivity index (χ0n) is 43.3. The summed E-state index contributed by atoms with van der Waals surface area (Å²) in [6.07, 6.45) is -10.5. The van der Waals surface area contributed by atoms with Crippen LogP contribution in [0.3, 0.4) is 0 Å². The number of carbonyl (C=O) groups excluding carboxylic acids is 4. The van der Waals surface area contributed by atoms with Crippen LogP contribution in [0.2, 0.25) is 0 Å². The average Bonchev–Trinajstić information content (AvgIpc) is 3.31. The van der Waals surface area contributed by atoms with Gasteiger partial charge in [0.05, 0.1) is 48.6 Å². The molecule has 19 heteroatoms. The van der Waals surface area contributed by atoms with Crippen molar-refractivity contribution in [2.24, 2.45) is 23.7 Å². The van der Waals surface area contributed by atoms with Crippen LogP contribution in [-0.2, 0) is 58.7 Å². The smallest absolute Gasteiger partial charge is 0.407 e. The number of likely N-dealkylation sites (N-methyl/N-ethyl adjacent to an activating group) is 1. The van der Waals surface area contributed by atoms with Crippen molar-refractivity contribution in [3.63, 3.8) is 0 Å². The van der Waals surface area contributed by atoms with Gasteiger partial charge in [0, 0.05) is 57.4 Å². The lowest BCUT2D eigenvalue weighted by Gasteiger charge is -2.50. The standard InChI is InChI=1S/C50H83N3O16/c1-15-36-50(10,60)42(57)30(4)39(55)28(2)26-48(8,62-13)43(68-46-40(56)35(52(11)12)25-29(3)64-46)31(5)41(32(6)45(58)66-36)67-38-27-49(9,63-14)44(33(7)65-38)69-47(59)51-23-21-37(54)53(61)24-22-34-19-17-16-18-20-34/h16-20,28-33,35-36,38,40-44,46,56-57,60-61H,15,21-27H2,1-14H3,(H,51,59)/t28-,29-,30+,31+,32-,33+,35+,36-,38+,40-,41+,42-,43-,44+,46+,48+,49-,50-/m1/s1. The summed E-state index contributed by atoms with van der Waals surface area (Å²) in [6.45, 7) is 16.7. The number of nitrogens with one attached hydrogen (secondary N) is 1. The van der Waals surface area contributed by atoms with Crippen molar-refractivity contribution in [3.8, 4) is 0 Å². The van der Waals surface area contributed by atoms with Gasteiger partial charge in [0.15, 0.2) is 18.7 Å². The van der Waals surface area contributed by atoms with Gasteiger partial charge < -0.3 is 63.4 Å². The normalized spacial score (nSPS) is 39.6. The monoisotopic (exact) mass is 982 g/mol. The average molecular weight is 982 g/mol. The van der Waals surface area contributed by atoms with Crippen LogP contribution >= 0.6 is 0 Å². The number of hydroxylamine groups is 2. The van der Waals surface area contributed by atoms with Crippen molar-refractivity contribution >= 4 is 23.8 Å². The first-order valence-corrected chi connectivity index (χ1v) is 24.4. The zero-order chi connectivity index (χ0) is 51.8. The lowest BCUT2D eigenvalue weighted by molar-refractivity contribution is -0.319. The molecule has 2 amide bonds. The molecular weight excluding hydrogens is 899 g/mol. The maximum absolute atomic E-state index is 14.5. The van der Waals surface area contributed by atoms with E-state index in [1.54, 1.807) is 48.5 Å². The van der Waals surface area contributed by atoms with Gasteiger partial charge in [-0.15, -0.1) is 0 Å². The third-order valence-corrected chi connectivity index (χ3v) is 14.8. The van der Waals surface area contributed by atoms with Crippen LogP contribution in [0.5, 0.6) is 0 Å². The highest BCUT2D eigenvalue weighted by Gasteiger charge is 2.55. The van der Waals surface area contributed by atoms with Gasteiger partial charge in [-0.2, -0.15) is 0 Å². The molecule has 3 aliphatic rings. The fourth-order valence-corrected chi connectivity index (χ4v) is 10.4. The second kappa shape index (κ2) is 24.9. The summed E-state index contributed by atoms with van der Waals surface area (Å²) in [5, 5.41) is 48.6. The van der Waals surface area contributed by atoms with E-state index >= 15 is 0 Å². The number of carbonyl (C=O) groups is 4. The quantitative estimate of drug-likeness (QED) is 0.0947. The number of amides is 2. The molecule has 69 heavy (non-hydrogen) atoms. The van der Waals surface area contributed by atoms with Gasteiger partial charge in [0.1, 0.15) is 29.2 Å². The number of alkyl carbamates (subject to hydrolysis) is 1. The van der Waals surface area contributed by atoms with Crippen LogP contribution in [0.4, 0.5) is 4.79 Å². The van der Waals surface area contributed by atoms with Gasteiger partial charge in [0.2, 0.25) is 5.91 Å². The molecule has 0 saturated carbocycles. The van der Waals surface area contributed by atoms with Crippen LogP contribution < -0.4 is 5.32 Å². The number of rotatable bonds is 15. The van der Waals surface area contributed by atoms with Crippen molar-refractivity contribution < 1.29 is 77.6 Å². The van der Waals surface area contributed by atoms with Gasteiger partial charge in [-0.3, -0.25) is 19.6 Å². The number of cyclic esters (lactones) is 1. The zero-order valence-corrected chi connectivity index (χ0v) is 43.3. The second-order valence-electron chi connectivity index (χ2n) is 20.4. The van der Waals surface area contributed by atoms with Crippen molar-refractivity contribution in [3.05, 3.63) is 35.9 Å². The number of nitrogens with zero attached hydrogens (tertiary/aromatic N) is 2. The summed E-state index contributed by atoms with van der Waals surface area (Å²) >= 11 is 0. The summed E-state index contributed by atoms with van der Waals surface area (Å²) in [5.41, 5.74) is -3.64. The van der Waals surface area contributed by atoms with Gasteiger partial charge in [-0.05, 0) is 86.9 Å². The molecule has 3 heterocycles. The van der Waals surface area contributed by atoms with E-state index in [1.165, 1.54) is 28.1 Å². The van der Waals surface area contributed by atoms with Gasteiger partial charge in [-0.25, -0.2) is 9.86 Å². The molecule has 5 N–H and O–H groups in total. The highest BCUT2D eigenvalue weighted by molar-refractivity contribution is 5.83. The first kappa shape index (κ1) is 58.2. The molecule has 0 radical (unpaired) electrons. The lowest BCUT2D eigenvalue weighted by Crippen LogP contribution is -2.62. The third kappa shape index (κ3) is 14.2. The molecule has 3 fully saturated rings. The molecule has 0 aliphatic carbocycles. The highest BCUT2D eigenvalue weighted by Crippen LogP contribution is 2.42. The lowest BCUT2D eigenvalue weighted by atomic mass is 9.74. The first-order chi connectivity index (χ1) is 32.2. The largest absolute Gasteiger partial charge is 0.459 e. The van der Waals surface area contributed by atoms with Gasteiger partial charge in [-0.1, -0.05) is 58.0 Å². The van der Waals surface area contributed by atoms with E-state index < -0.39 is 114 Å². The number of aliphatic hydroxyl groups excluding tert-OH is 2. The second-order valence-corrected chi connectivity index (χ2v) is 20.4. The van der Waals surface area contributed by atoms with Gasteiger partial charge in [0.25, 0.3) is 0 Å². The predicted molar refractivity (Wildman–Crippen MR) is 252 cm³/mol. The summed E-state index contributed by atoms with van der Waals surface area (Å²) in [5.74, 6) is -5.47. The van der Waals surface area contributed by atoms with E-state index in [1.807, 2.05) is 56.3 Å². The Bertz CT molecular complexity index is 1820. The van der Waals surface area contributed by atoms with E-state index in [4.69, 9.17) is 37.9 Å². The molecule has 0 bridgehead atoms. The number of ether oxygens (including phenoxy) is 8. The van der Waals surface area contributed by atoms with E-state index in [0.717, 1.165) is 5.56 Å². The Morgan fingerprint density at radius 2 is 1.51 bits per heavy atom. The minimum absolute atomic E-state index is 0.0163. The van der Waals surface area contributed by atoms with Crippen LogP contribution in [0.25, 0.3) is 0 Å². The number of Topliss-reactive ketones (excluding diaryl/α,β-unsaturated/α-hetero) is 1. The Kier molecular flexibility index (Phi) is 21.0. The molecule has 19 nitrogen and oxygen atoms in total. The van der Waals surface area contributed by atoms with E-state index in [9.17, 15) is 39.7 Å². The number of methoxy groups -OCH3 is 2.